The lowest BCUT2D eigenvalue weighted by Gasteiger charge is -2.37. The first-order chi connectivity index (χ1) is 12.7. The summed E-state index contributed by atoms with van der Waals surface area (Å²) in [6.07, 6.45) is 8.46. The average molecular weight is 351 g/mol. The molecule has 4 nitrogen and oxygen atoms in total. The van der Waals surface area contributed by atoms with Gasteiger partial charge in [-0.2, -0.15) is 0 Å². The number of pyridine rings is 1. The molecular formula is C22H29N3O. The molecule has 1 amide bonds. The van der Waals surface area contributed by atoms with Gasteiger partial charge in [0.05, 0.1) is 17.4 Å². The van der Waals surface area contributed by atoms with Gasteiger partial charge in [-0.1, -0.05) is 37.3 Å². The second-order valence-electron chi connectivity index (χ2n) is 6.99. The normalized spacial score (nSPS) is 17.2. The van der Waals surface area contributed by atoms with Crippen LogP contribution < -0.4 is 4.90 Å². The SMILES string of the molecule is CCC1CCCCN1c1cncc(C(=O)N(CC)Cc2ccccc2)c1. The van der Waals surface area contributed by atoms with Crippen LogP contribution in [0.2, 0.25) is 0 Å². The molecule has 2 heterocycles. The summed E-state index contributed by atoms with van der Waals surface area (Å²) in [7, 11) is 0. The van der Waals surface area contributed by atoms with Crippen LogP contribution in [0.4, 0.5) is 5.69 Å². The van der Waals surface area contributed by atoms with Crippen molar-refractivity contribution in [1.82, 2.24) is 9.88 Å². The zero-order valence-corrected chi connectivity index (χ0v) is 15.9. The van der Waals surface area contributed by atoms with Gasteiger partial charge in [0, 0.05) is 31.9 Å². The first kappa shape index (κ1) is 18.4. The first-order valence-electron chi connectivity index (χ1n) is 9.77. The fourth-order valence-corrected chi connectivity index (χ4v) is 3.78. The maximum absolute atomic E-state index is 13.0. The highest BCUT2D eigenvalue weighted by molar-refractivity contribution is 5.94. The van der Waals surface area contributed by atoms with Gasteiger partial charge in [0.25, 0.3) is 5.91 Å². The summed E-state index contributed by atoms with van der Waals surface area (Å²) in [4.78, 5) is 21.7. The summed E-state index contributed by atoms with van der Waals surface area (Å²) in [5.74, 6) is 0.0516. The van der Waals surface area contributed by atoms with Gasteiger partial charge in [-0.3, -0.25) is 9.78 Å². The molecule has 1 aromatic heterocycles. The molecule has 1 aliphatic rings. The smallest absolute Gasteiger partial charge is 0.255 e. The Bertz CT molecular complexity index is 716. The minimum absolute atomic E-state index is 0.0516. The molecule has 4 heteroatoms. The van der Waals surface area contributed by atoms with Crippen molar-refractivity contribution < 1.29 is 4.79 Å². The number of carbonyl (C=O) groups excluding carboxylic acids is 1. The van der Waals surface area contributed by atoms with Crippen LogP contribution in [0.3, 0.4) is 0 Å². The third-order valence-corrected chi connectivity index (χ3v) is 5.29. The van der Waals surface area contributed by atoms with E-state index in [4.69, 9.17) is 0 Å². The lowest BCUT2D eigenvalue weighted by molar-refractivity contribution is 0.0752. The molecule has 1 aromatic carbocycles. The molecule has 1 atom stereocenters. The van der Waals surface area contributed by atoms with E-state index in [1.165, 1.54) is 19.3 Å². The van der Waals surface area contributed by atoms with Crippen LogP contribution in [0.1, 0.15) is 55.5 Å². The van der Waals surface area contributed by atoms with E-state index in [2.05, 4.69) is 28.9 Å². The fraction of sp³-hybridized carbons (Fsp3) is 0.455. The topological polar surface area (TPSA) is 36.4 Å². The molecule has 1 aliphatic heterocycles. The van der Waals surface area contributed by atoms with Crippen molar-refractivity contribution in [2.24, 2.45) is 0 Å². The van der Waals surface area contributed by atoms with Gasteiger partial charge < -0.3 is 9.80 Å². The van der Waals surface area contributed by atoms with Gasteiger partial charge in [-0.15, -0.1) is 0 Å². The van der Waals surface area contributed by atoms with Crippen LogP contribution in [0.5, 0.6) is 0 Å². The number of nitrogens with zero attached hydrogens (tertiary/aromatic N) is 3. The summed E-state index contributed by atoms with van der Waals surface area (Å²) in [6, 6.07) is 12.7. The third kappa shape index (κ3) is 4.24. The third-order valence-electron chi connectivity index (χ3n) is 5.29. The second-order valence-corrected chi connectivity index (χ2v) is 6.99. The van der Waals surface area contributed by atoms with Crippen molar-refractivity contribution >= 4 is 11.6 Å². The molecule has 0 bridgehead atoms. The Kier molecular flexibility index (Phi) is 6.26. The number of carbonyl (C=O) groups is 1. The minimum atomic E-state index is 0.0516. The van der Waals surface area contributed by atoms with E-state index in [1.54, 1.807) is 6.20 Å². The molecule has 1 fully saturated rings. The number of rotatable bonds is 6. The fourth-order valence-electron chi connectivity index (χ4n) is 3.78. The van der Waals surface area contributed by atoms with Crippen LogP contribution in [-0.4, -0.2) is 34.9 Å². The molecule has 0 saturated carbocycles. The van der Waals surface area contributed by atoms with Crippen molar-refractivity contribution in [2.45, 2.75) is 52.1 Å². The summed E-state index contributed by atoms with van der Waals surface area (Å²) in [5, 5.41) is 0. The van der Waals surface area contributed by atoms with Crippen molar-refractivity contribution in [3.05, 3.63) is 59.9 Å². The van der Waals surface area contributed by atoms with Crippen LogP contribution >= 0.6 is 0 Å². The van der Waals surface area contributed by atoms with Gasteiger partial charge in [0.1, 0.15) is 0 Å². The minimum Gasteiger partial charge on any atom is -0.367 e. The maximum atomic E-state index is 13.0. The van der Waals surface area contributed by atoms with Crippen LogP contribution in [0.15, 0.2) is 48.8 Å². The molecule has 0 N–H and O–H groups in total. The molecule has 0 aliphatic carbocycles. The van der Waals surface area contributed by atoms with E-state index in [1.807, 2.05) is 42.3 Å². The van der Waals surface area contributed by atoms with Crippen LogP contribution in [0, 0.1) is 0 Å². The second kappa shape index (κ2) is 8.84. The number of piperidine rings is 1. The molecule has 3 rings (SSSR count). The Hall–Kier alpha value is -2.36. The van der Waals surface area contributed by atoms with Crippen molar-refractivity contribution in [3.8, 4) is 0 Å². The Morgan fingerprint density at radius 1 is 1.19 bits per heavy atom. The van der Waals surface area contributed by atoms with E-state index in [0.29, 0.717) is 24.7 Å². The van der Waals surface area contributed by atoms with Crippen LogP contribution in [-0.2, 0) is 6.54 Å². The Labute approximate surface area is 156 Å². The molecule has 0 spiro atoms. The molecular weight excluding hydrogens is 322 g/mol. The summed E-state index contributed by atoms with van der Waals surface area (Å²) in [5.41, 5.74) is 2.91. The molecule has 2 aromatic rings. The quantitative estimate of drug-likeness (QED) is 0.768. The van der Waals surface area contributed by atoms with E-state index < -0.39 is 0 Å². The largest absolute Gasteiger partial charge is 0.367 e. The van der Waals surface area contributed by atoms with Gasteiger partial charge in [-0.05, 0) is 44.2 Å². The Morgan fingerprint density at radius 2 is 2.00 bits per heavy atom. The zero-order chi connectivity index (χ0) is 18.4. The number of anilines is 1. The standard InChI is InChI=1S/C22H29N3O/c1-3-20-12-8-9-13-25(20)21-14-19(15-23-16-21)22(26)24(4-2)17-18-10-6-5-7-11-18/h5-7,10-11,14-16,20H,3-4,8-9,12-13,17H2,1-2H3. The van der Waals surface area contributed by atoms with E-state index in [9.17, 15) is 4.79 Å². The zero-order valence-electron chi connectivity index (χ0n) is 15.9. The van der Waals surface area contributed by atoms with Crippen molar-refractivity contribution in [2.75, 3.05) is 18.0 Å². The average Bonchev–Trinajstić information content (AvgIpc) is 2.72. The lowest BCUT2D eigenvalue weighted by atomic mass is 9.99. The lowest BCUT2D eigenvalue weighted by Crippen LogP contribution is -2.39. The predicted molar refractivity (Wildman–Crippen MR) is 106 cm³/mol. The molecule has 1 saturated heterocycles. The number of hydrogen-bond acceptors (Lipinski definition) is 3. The first-order valence-corrected chi connectivity index (χ1v) is 9.77. The van der Waals surface area contributed by atoms with Gasteiger partial charge >= 0.3 is 0 Å². The summed E-state index contributed by atoms with van der Waals surface area (Å²) < 4.78 is 0. The van der Waals surface area contributed by atoms with Crippen LogP contribution in [0.25, 0.3) is 0 Å². The number of aromatic nitrogens is 1. The molecule has 138 valence electrons. The number of benzene rings is 1. The van der Waals surface area contributed by atoms with Gasteiger partial charge in [-0.25, -0.2) is 0 Å². The predicted octanol–water partition coefficient (Wildman–Crippen LogP) is 4.51. The molecule has 0 radical (unpaired) electrons. The van der Waals surface area contributed by atoms with E-state index >= 15 is 0 Å². The Morgan fingerprint density at radius 3 is 2.73 bits per heavy atom. The monoisotopic (exact) mass is 351 g/mol. The van der Waals surface area contributed by atoms with Crippen molar-refractivity contribution in [1.29, 1.82) is 0 Å². The maximum Gasteiger partial charge on any atom is 0.255 e. The highest BCUT2D eigenvalue weighted by Crippen LogP contribution is 2.26. The number of hydrogen-bond donors (Lipinski definition) is 0. The van der Waals surface area contributed by atoms with Gasteiger partial charge in [0.2, 0.25) is 0 Å². The Balaban J connectivity index is 1.78. The number of amides is 1. The van der Waals surface area contributed by atoms with Crippen molar-refractivity contribution in [3.63, 3.8) is 0 Å². The van der Waals surface area contributed by atoms with E-state index in [-0.39, 0.29) is 5.91 Å². The highest BCUT2D eigenvalue weighted by Gasteiger charge is 2.23. The highest BCUT2D eigenvalue weighted by atomic mass is 16.2. The van der Waals surface area contributed by atoms with E-state index in [0.717, 1.165) is 24.2 Å². The summed E-state index contributed by atoms with van der Waals surface area (Å²) >= 11 is 0. The summed E-state index contributed by atoms with van der Waals surface area (Å²) in [6.45, 7) is 6.63. The molecule has 26 heavy (non-hydrogen) atoms. The molecule has 1 unspecified atom stereocenters. The van der Waals surface area contributed by atoms with Gasteiger partial charge in [0.15, 0.2) is 0 Å².